The van der Waals surface area contributed by atoms with Crippen molar-refractivity contribution in [2.75, 3.05) is 13.2 Å². The SMILES string of the molecule is CC(C)Oc1ccc2cc(Cc3cc([C@@]45OC[C@@](CO)(CC(O)[C@H]4O)O5)ccc3Cl)sc2c1. The van der Waals surface area contributed by atoms with Crippen LogP contribution in [-0.4, -0.2) is 52.4 Å². The van der Waals surface area contributed by atoms with Crippen molar-refractivity contribution in [1.82, 2.24) is 0 Å². The largest absolute Gasteiger partial charge is 0.491 e. The molecule has 2 aliphatic rings. The van der Waals surface area contributed by atoms with Crippen LogP contribution in [0.3, 0.4) is 0 Å². The number of rotatable bonds is 6. The topological polar surface area (TPSA) is 88.4 Å². The average Bonchev–Trinajstić information content (AvgIpc) is 3.33. The Balaban J connectivity index is 1.46. The Bertz CT molecular complexity index is 1180. The Morgan fingerprint density at radius 2 is 2.00 bits per heavy atom. The molecule has 176 valence electrons. The third-order valence-electron chi connectivity index (χ3n) is 6.27. The van der Waals surface area contributed by atoms with Crippen molar-refractivity contribution in [3.8, 4) is 5.75 Å². The van der Waals surface area contributed by atoms with Crippen LogP contribution in [0.25, 0.3) is 10.1 Å². The van der Waals surface area contributed by atoms with E-state index in [1.807, 2.05) is 26.0 Å². The van der Waals surface area contributed by atoms with E-state index >= 15 is 0 Å². The van der Waals surface area contributed by atoms with Gasteiger partial charge in [0.1, 0.15) is 17.5 Å². The van der Waals surface area contributed by atoms with Gasteiger partial charge in [0.25, 0.3) is 0 Å². The molecule has 0 radical (unpaired) electrons. The number of hydrogen-bond donors (Lipinski definition) is 3. The van der Waals surface area contributed by atoms with Crippen LogP contribution in [-0.2, 0) is 21.7 Å². The van der Waals surface area contributed by atoms with E-state index in [2.05, 4.69) is 18.2 Å². The Morgan fingerprint density at radius 3 is 2.76 bits per heavy atom. The van der Waals surface area contributed by atoms with Gasteiger partial charge in [-0.3, -0.25) is 0 Å². The third kappa shape index (κ3) is 4.06. The van der Waals surface area contributed by atoms with Crippen molar-refractivity contribution < 1.29 is 29.5 Å². The molecular weight excluding hydrogens is 464 g/mol. The quantitative estimate of drug-likeness (QED) is 0.484. The lowest BCUT2D eigenvalue weighted by Gasteiger charge is -2.43. The van der Waals surface area contributed by atoms with Gasteiger partial charge in [-0.1, -0.05) is 17.7 Å². The van der Waals surface area contributed by atoms with E-state index in [9.17, 15) is 15.3 Å². The molecule has 33 heavy (non-hydrogen) atoms. The molecule has 0 aliphatic carbocycles. The fourth-order valence-electron chi connectivity index (χ4n) is 4.68. The third-order valence-corrected chi connectivity index (χ3v) is 7.73. The highest BCUT2D eigenvalue weighted by atomic mass is 35.5. The van der Waals surface area contributed by atoms with Crippen molar-refractivity contribution in [1.29, 1.82) is 0 Å². The summed E-state index contributed by atoms with van der Waals surface area (Å²) >= 11 is 8.21. The summed E-state index contributed by atoms with van der Waals surface area (Å²) in [5.74, 6) is -0.694. The number of thiophene rings is 1. The molecule has 0 spiro atoms. The van der Waals surface area contributed by atoms with Crippen LogP contribution in [0.2, 0.25) is 5.02 Å². The average molecular weight is 491 g/mol. The first-order chi connectivity index (χ1) is 15.7. The molecule has 8 heteroatoms. The monoisotopic (exact) mass is 490 g/mol. The molecule has 3 heterocycles. The summed E-state index contributed by atoms with van der Waals surface area (Å²) in [7, 11) is 0. The lowest BCUT2D eigenvalue weighted by molar-refractivity contribution is -0.302. The number of benzene rings is 2. The number of aliphatic hydroxyl groups excluding tert-OH is 3. The van der Waals surface area contributed by atoms with Gasteiger partial charge in [-0.05, 0) is 61.2 Å². The van der Waals surface area contributed by atoms with Crippen LogP contribution in [0.4, 0.5) is 0 Å². The highest BCUT2D eigenvalue weighted by Crippen LogP contribution is 2.49. The highest BCUT2D eigenvalue weighted by molar-refractivity contribution is 7.19. The Kier molecular flexibility index (Phi) is 5.94. The summed E-state index contributed by atoms with van der Waals surface area (Å²) in [5, 5.41) is 32.8. The molecule has 5 rings (SSSR count). The summed E-state index contributed by atoms with van der Waals surface area (Å²) in [4.78, 5) is 1.13. The van der Waals surface area contributed by atoms with Crippen molar-refractivity contribution in [2.45, 2.75) is 56.4 Å². The van der Waals surface area contributed by atoms with Gasteiger partial charge in [-0.2, -0.15) is 0 Å². The zero-order chi connectivity index (χ0) is 23.4. The molecule has 0 amide bonds. The zero-order valence-corrected chi connectivity index (χ0v) is 20.0. The lowest BCUT2D eigenvalue weighted by atomic mass is 9.86. The van der Waals surface area contributed by atoms with E-state index in [4.69, 9.17) is 25.8 Å². The van der Waals surface area contributed by atoms with Gasteiger partial charge in [-0.15, -0.1) is 11.3 Å². The predicted molar refractivity (Wildman–Crippen MR) is 127 cm³/mol. The zero-order valence-electron chi connectivity index (χ0n) is 18.5. The maximum absolute atomic E-state index is 10.8. The minimum atomic E-state index is -1.54. The molecule has 6 nitrogen and oxygen atoms in total. The van der Waals surface area contributed by atoms with Gasteiger partial charge in [0, 0.05) is 33.0 Å². The van der Waals surface area contributed by atoms with Gasteiger partial charge in [0.2, 0.25) is 5.79 Å². The highest BCUT2D eigenvalue weighted by Gasteiger charge is 2.62. The summed E-state index contributed by atoms with van der Waals surface area (Å²) in [5.41, 5.74) is 0.395. The van der Waals surface area contributed by atoms with Crippen LogP contribution in [0, 0.1) is 0 Å². The van der Waals surface area contributed by atoms with Crippen LogP contribution >= 0.6 is 22.9 Å². The van der Waals surface area contributed by atoms with Gasteiger partial charge in [0.05, 0.1) is 25.4 Å². The summed E-state index contributed by atoms with van der Waals surface area (Å²) < 4.78 is 19.0. The van der Waals surface area contributed by atoms with E-state index in [-0.39, 0.29) is 25.7 Å². The molecular formula is C25H27ClO6S. The lowest BCUT2D eigenvalue weighted by Crippen LogP contribution is -2.57. The molecule has 1 unspecified atom stereocenters. The maximum Gasteiger partial charge on any atom is 0.225 e. The summed E-state index contributed by atoms with van der Waals surface area (Å²) in [6, 6.07) is 13.6. The Hall–Kier alpha value is -1.71. The number of hydrogen-bond acceptors (Lipinski definition) is 7. The van der Waals surface area contributed by atoms with Crippen LogP contribution < -0.4 is 4.74 Å². The predicted octanol–water partition coefficient (Wildman–Crippen LogP) is 3.99. The van der Waals surface area contributed by atoms with Crippen LogP contribution in [0.15, 0.2) is 42.5 Å². The number of fused-ring (bicyclic) bond motifs is 3. The Morgan fingerprint density at radius 1 is 1.18 bits per heavy atom. The van der Waals surface area contributed by atoms with E-state index in [1.54, 1.807) is 23.5 Å². The van der Waals surface area contributed by atoms with E-state index in [1.165, 1.54) is 0 Å². The van der Waals surface area contributed by atoms with E-state index in [0.717, 1.165) is 26.3 Å². The Labute approximate surface area is 201 Å². The first-order valence-corrected chi connectivity index (χ1v) is 12.2. The first kappa shape index (κ1) is 23.1. The summed E-state index contributed by atoms with van der Waals surface area (Å²) in [6.07, 6.45) is -1.54. The molecule has 3 N–H and O–H groups in total. The van der Waals surface area contributed by atoms with Crippen molar-refractivity contribution in [3.63, 3.8) is 0 Å². The van der Waals surface area contributed by atoms with Gasteiger partial charge < -0.3 is 29.5 Å². The molecule has 2 fully saturated rings. The second-order valence-electron chi connectivity index (χ2n) is 9.18. The molecule has 4 atom stereocenters. The molecule has 2 aliphatic heterocycles. The van der Waals surface area contributed by atoms with Crippen LogP contribution in [0.1, 0.15) is 36.3 Å². The van der Waals surface area contributed by atoms with Crippen LogP contribution in [0.5, 0.6) is 5.75 Å². The molecule has 2 bridgehead atoms. The van der Waals surface area contributed by atoms with Crippen molar-refractivity contribution in [3.05, 3.63) is 63.5 Å². The smallest absolute Gasteiger partial charge is 0.225 e. The second-order valence-corrected chi connectivity index (χ2v) is 10.8. The molecule has 1 aromatic heterocycles. The minimum absolute atomic E-state index is 0.0900. The van der Waals surface area contributed by atoms with Gasteiger partial charge >= 0.3 is 0 Å². The van der Waals surface area contributed by atoms with E-state index < -0.39 is 23.6 Å². The van der Waals surface area contributed by atoms with Gasteiger partial charge in [-0.25, -0.2) is 0 Å². The number of halogens is 1. The normalized spacial score (nSPS) is 29.2. The standard InChI is InChI=1S/C25H27ClO6S/c1-14(2)31-18-5-3-15-8-19(33-22(15)10-18)9-16-7-17(4-6-20(16)26)25-23(29)21(28)11-24(12-27,32-25)13-30-25/h3-8,10,14,21,23,27-29H,9,11-13H2,1-2H3/t21?,23-,24+,25+/m1/s1. The summed E-state index contributed by atoms with van der Waals surface area (Å²) in [6.45, 7) is 3.79. The molecule has 3 aromatic rings. The molecule has 0 saturated carbocycles. The number of ether oxygens (including phenoxy) is 3. The van der Waals surface area contributed by atoms with E-state index in [0.29, 0.717) is 17.0 Å². The molecule has 2 aromatic carbocycles. The first-order valence-electron chi connectivity index (χ1n) is 11.0. The maximum atomic E-state index is 10.8. The van der Waals surface area contributed by atoms with Crippen molar-refractivity contribution in [2.24, 2.45) is 0 Å². The minimum Gasteiger partial charge on any atom is -0.491 e. The fourth-order valence-corrected chi connectivity index (χ4v) is 5.98. The van der Waals surface area contributed by atoms with Crippen molar-refractivity contribution >= 4 is 33.0 Å². The second kappa shape index (κ2) is 8.50. The fraction of sp³-hybridized carbons (Fsp3) is 0.440. The number of aliphatic hydroxyl groups is 3. The van der Waals surface area contributed by atoms with Gasteiger partial charge in [0.15, 0.2) is 0 Å². The molecule has 2 saturated heterocycles.